The molecule has 2 aromatic rings. The van der Waals surface area contributed by atoms with Crippen LogP contribution in [0.15, 0.2) is 53.4 Å². The average Bonchev–Trinajstić information content (AvgIpc) is 2.68. The molecule has 0 bridgehead atoms. The van der Waals surface area contributed by atoms with Gasteiger partial charge in [-0.2, -0.15) is 0 Å². The molecule has 3 rings (SSSR count). The number of thioether (sulfide) groups is 1. The van der Waals surface area contributed by atoms with E-state index >= 15 is 0 Å². The molecule has 0 spiro atoms. The van der Waals surface area contributed by atoms with Crippen LogP contribution in [0.4, 0.5) is 4.79 Å². The summed E-state index contributed by atoms with van der Waals surface area (Å²) in [5, 5.41) is 5.79. The molecule has 6 heteroatoms. The zero-order chi connectivity index (χ0) is 18.0. The van der Waals surface area contributed by atoms with Gasteiger partial charge in [0.05, 0.1) is 0 Å². The highest BCUT2D eigenvalue weighted by molar-refractivity contribution is 7.99. The summed E-state index contributed by atoms with van der Waals surface area (Å²) in [6.07, 6.45) is 1.70. The van der Waals surface area contributed by atoms with Crippen molar-refractivity contribution in [1.82, 2.24) is 10.6 Å². The monoisotopic (exact) mass is 372 g/mol. The van der Waals surface area contributed by atoms with Gasteiger partial charge in [0.2, 0.25) is 0 Å². The number of urea groups is 1. The molecule has 2 amide bonds. The lowest BCUT2D eigenvalue weighted by molar-refractivity contribution is 0.171. The van der Waals surface area contributed by atoms with Crippen LogP contribution in [0.2, 0.25) is 0 Å². The summed E-state index contributed by atoms with van der Waals surface area (Å²) in [4.78, 5) is 13.1. The lowest BCUT2D eigenvalue weighted by Gasteiger charge is -2.18. The van der Waals surface area contributed by atoms with Crippen molar-refractivity contribution < 1.29 is 14.3 Å². The van der Waals surface area contributed by atoms with Crippen molar-refractivity contribution in [3.05, 3.63) is 54.1 Å². The Bertz CT molecular complexity index is 709. The Hall–Kier alpha value is -2.34. The molecular weight excluding hydrogens is 348 g/mol. The Kier molecular flexibility index (Phi) is 7.07. The summed E-state index contributed by atoms with van der Waals surface area (Å²) in [6.45, 7) is 2.44. The largest absolute Gasteiger partial charge is 0.486 e. The summed E-state index contributed by atoms with van der Waals surface area (Å²) in [5.41, 5.74) is 1.12. The number of rotatable bonds is 8. The Morgan fingerprint density at radius 2 is 1.73 bits per heavy atom. The molecule has 0 aromatic heterocycles. The average molecular weight is 372 g/mol. The molecule has 0 radical (unpaired) electrons. The molecule has 138 valence electrons. The number of carbonyl (C=O) groups excluding carboxylic acids is 1. The highest BCUT2D eigenvalue weighted by Crippen LogP contribution is 2.30. The first-order valence-corrected chi connectivity index (χ1v) is 9.88. The standard InChI is InChI=1S/C20H24N2O3S/c23-20(21-10-4-14-26-17-5-2-1-3-6-17)22-11-9-16-7-8-18-19(15-16)25-13-12-24-18/h1-3,5-8,15H,4,9-14H2,(H2,21,22,23). The maximum atomic E-state index is 11.8. The lowest BCUT2D eigenvalue weighted by Crippen LogP contribution is -2.37. The number of carbonyl (C=O) groups is 1. The maximum absolute atomic E-state index is 11.8. The molecule has 2 N–H and O–H groups in total. The third-order valence-corrected chi connectivity index (χ3v) is 5.02. The van der Waals surface area contributed by atoms with Crippen molar-refractivity contribution >= 4 is 17.8 Å². The van der Waals surface area contributed by atoms with Gasteiger partial charge in [-0.15, -0.1) is 11.8 Å². The Morgan fingerprint density at radius 3 is 2.58 bits per heavy atom. The Morgan fingerprint density at radius 1 is 0.962 bits per heavy atom. The molecular formula is C20H24N2O3S. The zero-order valence-corrected chi connectivity index (χ0v) is 15.5. The Balaban J connectivity index is 1.27. The second-order valence-electron chi connectivity index (χ2n) is 5.93. The predicted octanol–water partition coefficient (Wildman–Crippen LogP) is 3.48. The van der Waals surface area contributed by atoms with E-state index in [-0.39, 0.29) is 6.03 Å². The molecule has 26 heavy (non-hydrogen) atoms. The van der Waals surface area contributed by atoms with Crippen LogP contribution in [-0.2, 0) is 6.42 Å². The predicted molar refractivity (Wildman–Crippen MR) is 104 cm³/mol. The molecule has 1 aliphatic heterocycles. The van der Waals surface area contributed by atoms with E-state index in [1.165, 1.54) is 4.90 Å². The minimum atomic E-state index is -0.118. The van der Waals surface area contributed by atoms with Crippen LogP contribution >= 0.6 is 11.8 Å². The second-order valence-corrected chi connectivity index (χ2v) is 7.09. The van der Waals surface area contributed by atoms with Crippen molar-refractivity contribution in [2.45, 2.75) is 17.7 Å². The van der Waals surface area contributed by atoms with E-state index in [1.807, 2.05) is 36.4 Å². The third-order valence-electron chi connectivity index (χ3n) is 3.92. The van der Waals surface area contributed by atoms with E-state index in [0.717, 1.165) is 35.7 Å². The summed E-state index contributed by atoms with van der Waals surface area (Å²) < 4.78 is 11.1. The van der Waals surface area contributed by atoms with E-state index in [4.69, 9.17) is 9.47 Å². The summed E-state index contributed by atoms with van der Waals surface area (Å²) in [6, 6.07) is 16.1. The molecule has 2 aromatic carbocycles. The van der Waals surface area contributed by atoms with Crippen molar-refractivity contribution in [3.8, 4) is 11.5 Å². The van der Waals surface area contributed by atoms with Crippen LogP contribution in [0.5, 0.6) is 11.5 Å². The van der Waals surface area contributed by atoms with Gasteiger partial charge in [-0.3, -0.25) is 0 Å². The number of ether oxygens (including phenoxy) is 2. The molecule has 0 aliphatic carbocycles. The maximum Gasteiger partial charge on any atom is 0.314 e. The normalized spacial score (nSPS) is 12.5. The highest BCUT2D eigenvalue weighted by atomic mass is 32.2. The quantitative estimate of drug-likeness (QED) is 0.550. The van der Waals surface area contributed by atoms with Crippen molar-refractivity contribution in [1.29, 1.82) is 0 Å². The van der Waals surface area contributed by atoms with Gasteiger partial charge in [-0.1, -0.05) is 24.3 Å². The van der Waals surface area contributed by atoms with Gasteiger partial charge in [0.25, 0.3) is 0 Å². The van der Waals surface area contributed by atoms with Gasteiger partial charge in [-0.25, -0.2) is 4.79 Å². The van der Waals surface area contributed by atoms with Crippen LogP contribution in [0, 0.1) is 0 Å². The first kappa shape index (κ1) is 18.5. The van der Waals surface area contributed by atoms with E-state index < -0.39 is 0 Å². The molecule has 0 unspecified atom stereocenters. The second kappa shape index (κ2) is 9.97. The SMILES string of the molecule is O=C(NCCCSc1ccccc1)NCCc1ccc2c(c1)OCCO2. The number of benzene rings is 2. The highest BCUT2D eigenvalue weighted by Gasteiger charge is 2.11. The fourth-order valence-corrected chi connectivity index (χ4v) is 3.48. The number of amides is 2. The minimum Gasteiger partial charge on any atom is -0.486 e. The fraction of sp³-hybridized carbons (Fsp3) is 0.350. The van der Waals surface area contributed by atoms with Gasteiger partial charge in [-0.05, 0) is 48.4 Å². The number of hydrogen-bond acceptors (Lipinski definition) is 4. The summed E-state index contributed by atoms with van der Waals surface area (Å²) >= 11 is 1.80. The lowest BCUT2D eigenvalue weighted by atomic mass is 10.1. The van der Waals surface area contributed by atoms with Gasteiger partial charge in [0.1, 0.15) is 13.2 Å². The fourth-order valence-electron chi connectivity index (χ4n) is 2.61. The van der Waals surface area contributed by atoms with Crippen molar-refractivity contribution in [2.24, 2.45) is 0 Å². The van der Waals surface area contributed by atoms with Crippen LogP contribution < -0.4 is 20.1 Å². The summed E-state index contributed by atoms with van der Waals surface area (Å²) in [7, 11) is 0. The number of nitrogens with one attached hydrogen (secondary N) is 2. The minimum absolute atomic E-state index is 0.118. The zero-order valence-electron chi connectivity index (χ0n) is 14.7. The molecule has 0 saturated carbocycles. The Labute approximate surface area is 158 Å². The van der Waals surface area contributed by atoms with E-state index in [1.54, 1.807) is 11.8 Å². The van der Waals surface area contributed by atoms with Crippen molar-refractivity contribution in [2.75, 3.05) is 32.1 Å². The van der Waals surface area contributed by atoms with E-state index in [9.17, 15) is 4.79 Å². The van der Waals surface area contributed by atoms with Gasteiger partial charge in [0, 0.05) is 18.0 Å². The third kappa shape index (κ3) is 5.88. The molecule has 0 saturated heterocycles. The van der Waals surface area contributed by atoms with Crippen LogP contribution in [0.3, 0.4) is 0 Å². The molecule has 0 fully saturated rings. The van der Waals surface area contributed by atoms with Gasteiger partial charge in [0.15, 0.2) is 11.5 Å². The molecule has 0 atom stereocenters. The van der Waals surface area contributed by atoms with E-state index in [0.29, 0.717) is 26.3 Å². The smallest absolute Gasteiger partial charge is 0.314 e. The van der Waals surface area contributed by atoms with E-state index in [2.05, 4.69) is 22.8 Å². The van der Waals surface area contributed by atoms with Crippen LogP contribution in [0.1, 0.15) is 12.0 Å². The first-order valence-electron chi connectivity index (χ1n) is 8.89. The molecule has 1 heterocycles. The summed E-state index contributed by atoms with van der Waals surface area (Å²) in [5.74, 6) is 2.56. The van der Waals surface area contributed by atoms with Crippen LogP contribution in [0.25, 0.3) is 0 Å². The van der Waals surface area contributed by atoms with Crippen LogP contribution in [-0.4, -0.2) is 38.1 Å². The van der Waals surface area contributed by atoms with Crippen molar-refractivity contribution in [3.63, 3.8) is 0 Å². The topological polar surface area (TPSA) is 59.6 Å². The molecule has 5 nitrogen and oxygen atoms in total. The number of hydrogen-bond donors (Lipinski definition) is 2. The molecule has 1 aliphatic rings. The van der Waals surface area contributed by atoms with Gasteiger partial charge < -0.3 is 20.1 Å². The number of fused-ring (bicyclic) bond motifs is 1. The first-order chi connectivity index (χ1) is 12.8. The van der Waals surface area contributed by atoms with Gasteiger partial charge >= 0.3 is 6.03 Å².